The van der Waals surface area contributed by atoms with Gasteiger partial charge in [0.05, 0.1) is 0 Å². The normalized spacial score (nSPS) is 0.889. The molecule has 0 saturated heterocycles. The van der Waals surface area contributed by atoms with Crippen LogP contribution in [0.3, 0.4) is 0 Å². The van der Waals surface area contributed by atoms with Crippen LogP contribution in [0.5, 0.6) is 0 Å². The Labute approximate surface area is 75.4 Å². The van der Waals surface area contributed by atoms with Crippen molar-refractivity contribution in [1.82, 2.24) is 0 Å². The zero-order valence-electron chi connectivity index (χ0n) is 5.12. The summed E-state index contributed by atoms with van der Waals surface area (Å²) in [6.45, 7) is 0. The Morgan fingerprint density at radius 3 is 0.333 bits per heavy atom. The fourth-order valence-electron chi connectivity index (χ4n) is 0. The second-order valence-corrected chi connectivity index (χ2v) is 0. The second kappa shape index (κ2) is 278. The summed E-state index contributed by atoms with van der Waals surface area (Å²) in [5.74, 6) is 0. The van der Waals surface area contributed by atoms with Crippen molar-refractivity contribution in [2.24, 2.45) is 0 Å². The number of terminal acetylenes is 4. The van der Waals surface area contributed by atoms with Gasteiger partial charge in [-0.25, -0.2) is 0 Å². The van der Waals surface area contributed by atoms with Crippen LogP contribution >= 0.6 is 0 Å². The first-order valence-electron chi connectivity index (χ1n) is 1.33. The predicted octanol–water partition coefficient (Wildman–Crippen LogP) is 0.617. The first-order chi connectivity index (χ1) is 4.00. The van der Waals surface area contributed by atoms with Crippen molar-refractivity contribution in [3.63, 3.8) is 0 Å². The van der Waals surface area contributed by atoms with Gasteiger partial charge in [0.2, 0.25) is 0 Å². The van der Waals surface area contributed by atoms with Gasteiger partial charge in [0.25, 0.3) is 0 Å². The van der Waals surface area contributed by atoms with Gasteiger partial charge in [0.15, 0.2) is 0 Å². The molecule has 0 unspecified atom stereocenters. The van der Waals surface area contributed by atoms with Crippen molar-refractivity contribution in [3.05, 3.63) is 0 Å². The maximum atomic E-state index is 4.00. The summed E-state index contributed by atoms with van der Waals surface area (Å²) in [4.78, 5) is 0. The van der Waals surface area contributed by atoms with E-state index in [-0.39, 0.29) is 23.9 Å². The molecule has 0 aromatic rings. The minimum absolute atomic E-state index is 0. The van der Waals surface area contributed by atoms with Gasteiger partial charge in [-0.15, -0.1) is 51.4 Å². The SMILES string of the molecule is C#C.C#C.C#C.C#C.[Sn]. The van der Waals surface area contributed by atoms with Crippen molar-refractivity contribution < 1.29 is 0 Å². The summed E-state index contributed by atoms with van der Waals surface area (Å²) in [5.41, 5.74) is 0. The molecular formula is C8H8Sn. The summed E-state index contributed by atoms with van der Waals surface area (Å²) in [6, 6.07) is 0. The van der Waals surface area contributed by atoms with E-state index in [1.54, 1.807) is 0 Å². The van der Waals surface area contributed by atoms with E-state index >= 15 is 0 Å². The molecule has 0 saturated carbocycles. The average Bonchev–Trinajstić information content (AvgIpc) is 2.03. The van der Waals surface area contributed by atoms with Crippen LogP contribution in [0.15, 0.2) is 0 Å². The van der Waals surface area contributed by atoms with Gasteiger partial charge in [0, 0.05) is 23.9 Å². The van der Waals surface area contributed by atoms with Crippen LogP contribution in [-0.4, -0.2) is 23.9 Å². The predicted molar refractivity (Wildman–Crippen MR) is 45.3 cm³/mol. The van der Waals surface area contributed by atoms with E-state index < -0.39 is 0 Å². The van der Waals surface area contributed by atoms with Crippen LogP contribution in [0.4, 0.5) is 0 Å². The number of hydrogen-bond donors (Lipinski definition) is 0. The van der Waals surface area contributed by atoms with E-state index in [1.165, 1.54) is 0 Å². The molecule has 0 aromatic heterocycles. The third kappa shape index (κ3) is 193. The molecule has 0 aliphatic carbocycles. The van der Waals surface area contributed by atoms with E-state index in [9.17, 15) is 0 Å². The van der Waals surface area contributed by atoms with E-state index in [0.29, 0.717) is 0 Å². The molecule has 1 heteroatoms. The van der Waals surface area contributed by atoms with E-state index in [2.05, 4.69) is 51.4 Å². The summed E-state index contributed by atoms with van der Waals surface area (Å²) in [6.07, 6.45) is 32.0. The standard InChI is InChI=1S/4C2H2.Sn/c4*1-2;/h4*1-2H;. The molecule has 0 rings (SSSR count). The maximum Gasteiger partial charge on any atom is 0 e. The smallest absolute Gasteiger partial charge is 0 e. The molecular weight excluding hydrogens is 215 g/mol. The topological polar surface area (TPSA) is 0 Å². The number of hydrogen-bond acceptors (Lipinski definition) is 0. The largest absolute Gasteiger partial charge is 0.124 e. The van der Waals surface area contributed by atoms with E-state index in [4.69, 9.17) is 0 Å². The molecule has 0 aromatic carbocycles. The first-order valence-corrected chi connectivity index (χ1v) is 1.33. The fourth-order valence-corrected chi connectivity index (χ4v) is 0. The Morgan fingerprint density at radius 1 is 0.333 bits per heavy atom. The molecule has 0 aliphatic heterocycles. The van der Waals surface area contributed by atoms with Crippen molar-refractivity contribution in [2.45, 2.75) is 0 Å². The van der Waals surface area contributed by atoms with Gasteiger partial charge in [0.1, 0.15) is 0 Å². The van der Waals surface area contributed by atoms with Crippen LogP contribution in [0.1, 0.15) is 0 Å². The van der Waals surface area contributed by atoms with Crippen LogP contribution in [0.2, 0.25) is 0 Å². The summed E-state index contributed by atoms with van der Waals surface area (Å²) in [5, 5.41) is 0. The van der Waals surface area contributed by atoms with Gasteiger partial charge in [-0.2, -0.15) is 0 Å². The quantitative estimate of drug-likeness (QED) is 0.417. The third-order valence-corrected chi connectivity index (χ3v) is 0. The molecule has 0 spiro atoms. The van der Waals surface area contributed by atoms with Gasteiger partial charge in [-0.3, -0.25) is 0 Å². The first kappa shape index (κ1) is 43.1. The van der Waals surface area contributed by atoms with E-state index in [0.717, 1.165) is 0 Å². The Kier molecular flexibility index (Phi) is 1330. The zero-order chi connectivity index (χ0) is 8.00. The third-order valence-electron chi connectivity index (χ3n) is 0. The van der Waals surface area contributed by atoms with Gasteiger partial charge in [-0.1, -0.05) is 0 Å². The minimum Gasteiger partial charge on any atom is -0.124 e. The Bertz CT molecular complexity index is 47.5. The minimum atomic E-state index is 0. The van der Waals surface area contributed by atoms with Crippen molar-refractivity contribution in [1.29, 1.82) is 0 Å². The Morgan fingerprint density at radius 2 is 0.333 bits per heavy atom. The van der Waals surface area contributed by atoms with Gasteiger partial charge >= 0.3 is 0 Å². The van der Waals surface area contributed by atoms with Crippen molar-refractivity contribution in [3.8, 4) is 51.4 Å². The summed E-state index contributed by atoms with van der Waals surface area (Å²) in [7, 11) is 0. The molecule has 0 atom stereocenters. The average molecular weight is 223 g/mol. The van der Waals surface area contributed by atoms with Crippen LogP contribution in [-0.2, 0) is 0 Å². The molecule has 0 nitrogen and oxygen atoms in total. The zero-order valence-corrected chi connectivity index (χ0v) is 7.97. The number of rotatable bonds is 0. The van der Waals surface area contributed by atoms with Crippen molar-refractivity contribution in [2.75, 3.05) is 0 Å². The van der Waals surface area contributed by atoms with E-state index in [1.807, 2.05) is 0 Å². The maximum absolute atomic E-state index is 4.00. The molecule has 4 radical (unpaired) electrons. The summed E-state index contributed by atoms with van der Waals surface area (Å²) >= 11 is 0. The molecule has 0 fully saturated rings. The van der Waals surface area contributed by atoms with Crippen LogP contribution < -0.4 is 0 Å². The second-order valence-electron chi connectivity index (χ2n) is 0. The van der Waals surface area contributed by atoms with Crippen molar-refractivity contribution >= 4 is 23.9 Å². The van der Waals surface area contributed by atoms with Gasteiger partial charge < -0.3 is 0 Å². The van der Waals surface area contributed by atoms with Crippen LogP contribution in [0.25, 0.3) is 0 Å². The van der Waals surface area contributed by atoms with Gasteiger partial charge in [-0.05, 0) is 0 Å². The molecule has 9 heavy (non-hydrogen) atoms. The summed E-state index contributed by atoms with van der Waals surface area (Å²) < 4.78 is 0. The van der Waals surface area contributed by atoms with Crippen LogP contribution in [0, 0.1) is 51.4 Å². The molecule has 0 aliphatic rings. The fraction of sp³-hybridized carbons (Fsp3) is 0. The molecule has 0 amide bonds. The monoisotopic (exact) mass is 224 g/mol. The molecule has 0 bridgehead atoms. The molecule has 44 valence electrons. The molecule has 0 N–H and O–H groups in total. The molecule has 0 heterocycles. The Balaban J connectivity index is -0.00000000762. The Hall–Kier alpha value is -0.961.